The zero-order chi connectivity index (χ0) is 9.26. The summed E-state index contributed by atoms with van der Waals surface area (Å²) in [6, 6.07) is 3.81. The van der Waals surface area contributed by atoms with Crippen LogP contribution in [0, 0.1) is 13.8 Å². The van der Waals surface area contributed by atoms with Crippen LogP contribution in [0.5, 0.6) is 0 Å². The van der Waals surface area contributed by atoms with Crippen molar-refractivity contribution in [2.75, 3.05) is 0 Å². The van der Waals surface area contributed by atoms with Gasteiger partial charge in [-0.3, -0.25) is 0 Å². The molecule has 4 heteroatoms. The normalized spacial score (nSPS) is 10.3. The SMILES string of the molecule is Cc1cnn(-c2ccc(C)nn2)c1. The molecule has 0 radical (unpaired) electrons. The summed E-state index contributed by atoms with van der Waals surface area (Å²) in [5, 5.41) is 12.1. The van der Waals surface area contributed by atoms with Crippen LogP contribution in [0.25, 0.3) is 5.82 Å². The highest BCUT2D eigenvalue weighted by Gasteiger charge is 1.98. The molecule has 2 aromatic heterocycles. The number of rotatable bonds is 1. The average Bonchev–Trinajstić information content (AvgIpc) is 2.53. The minimum absolute atomic E-state index is 0.749. The lowest BCUT2D eigenvalue weighted by molar-refractivity contribution is 0.806. The Hall–Kier alpha value is -1.71. The highest BCUT2D eigenvalue weighted by Crippen LogP contribution is 2.03. The lowest BCUT2D eigenvalue weighted by Crippen LogP contribution is -1.99. The van der Waals surface area contributed by atoms with Gasteiger partial charge in [-0.05, 0) is 31.5 Å². The van der Waals surface area contributed by atoms with Crippen molar-refractivity contribution in [3.63, 3.8) is 0 Å². The molecule has 2 rings (SSSR count). The molecular formula is C9H10N4. The summed E-state index contributed by atoms with van der Waals surface area (Å²) < 4.78 is 1.71. The minimum Gasteiger partial charge on any atom is -0.221 e. The van der Waals surface area contributed by atoms with Crippen LogP contribution in [0.4, 0.5) is 0 Å². The van der Waals surface area contributed by atoms with Gasteiger partial charge in [0.05, 0.1) is 11.9 Å². The maximum atomic E-state index is 4.13. The molecule has 0 aromatic carbocycles. The standard InChI is InChI=1S/C9H10N4/c1-7-5-10-13(6-7)9-4-3-8(2)11-12-9/h3-6H,1-2H3. The van der Waals surface area contributed by atoms with Crippen molar-refractivity contribution in [2.24, 2.45) is 0 Å². The number of nitrogens with zero attached hydrogens (tertiary/aromatic N) is 4. The van der Waals surface area contributed by atoms with Gasteiger partial charge in [0.25, 0.3) is 0 Å². The van der Waals surface area contributed by atoms with Crippen LogP contribution >= 0.6 is 0 Å². The summed E-state index contributed by atoms with van der Waals surface area (Å²) in [5.74, 6) is 0.749. The first-order valence-electron chi connectivity index (χ1n) is 4.08. The molecule has 2 heterocycles. The molecule has 0 N–H and O–H groups in total. The van der Waals surface area contributed by atoms with E-state index in [2.05, 4.69) is 15.3 Å². The first-order valence-corrected chi connectivity index (χ1v) is 4.08. The molecule has 0 saturated heterocycles. The van der Waals surface area contributed by atoms with Crippen molar-refractivity contribution < 1.29 is 0 Å². The van der Waals surface area contributed by atoms with E-state index in [0.717, 1.165) is 17.1 Å². The molecule has 0 unspecified atom stereocenters. The molecule has 4 nitrogen and oxygen atoms in total. The van der Waals surface area contributed by atoms with Gasteiger partial charge in [-0.2, -0.15) is 10.2 Å². The summed E-state index contributed by atoms with van der Waals surface area (Å²) in [6.45, 7) is 3.90. The second kappa shape index (κ2) is 2.97. The largest absolute Gasteiger partial charge is 0.221 e. The molecule has 0 aliphatic rings. The van der Waals surface area contributed by atoms with Crippen molar-refractivity contribution >= 4 is 0 Å². The first kappa shape index (κ1) is 7.91. The van der Waals surface area contributed by atoms with Crippen LogP contribution in [0.2, 0.25) is 0 Å². The van der Waals surface area contributed by atoms with Crippen LogP contribution in [0.1, 0.15) is 11.3 Å². The van der Waals surface area contributed by atoms with Crippen LogP contribution in [0.15, 0.2) is 24.5 Å². The van der Waals surface area contributed by atoms with Gasteiger partial charge in [0.1, 0.15) is 0 Å². The number of aryl methyl sites for hydroxylation is 2. The highest BCUT2D eigenvalue weighted by atomic mass is 15.3. The summed E-state index contributed by atoms with van der Waals surface area (Å²) in [7, 11) is 0. The summed E-state index contributed by atoms with van der Waals surface area (Å²) >= 11 is 0. The molecule has 0 aliphatic carbocycles. The number of aromatic nitrogens is 4. The Morgan fingerprint density at radius 1 is 1.15 bits per heavy atom. The Bertz CT molecular complexity index is 402. The monoisotopic (exact) mass is 174 g/mol. The Balaban J connectivity index is 2.41. The van der Waals surface area contributed by atoms with Gasteiger partial charge in [0, 0.05) is 6.20 Å². The molecule has 2 aromatic rings. The highest BCUT2D eigenvalue weighted by molar-refractivity contribution is 5.21. The topological polar surface area (TPSA) is 43.6 Å². The van der Waals surface area contributed by atoms with Gasteiger partial charge in [-0.1, -0.05) is 0 Å². The van der Waals surface area contributed by atoms with Gasteiger partial charge in [-0.15, -0.1) is 5.10 Å². The summed E-state index contributed by atoms with van der Waals surface area (Å²) in [4.78, 5) is 0. The molecular weight excluding hydrogens is 164 g/mol. The van der Waals surface area contributed by atoms with E-state index in [9.17, 15) is 0 Å². The molecule has 66 valence electrons. The summed E-state index contributed by atoms with van der Waals surface area (Å²) in [5.41, 5.74) is 2.02. The van der Waals surface area contributed by atoms with E-state index in [1.165, 1.54) is 0 Å². The Morgan fingerprint density at radius 2 is 2.00 bits per heavy atom. The van der Waals surface area contributed by atoms with Crippen molar-refractivity contribution in [1.29, 1.82) is 0 Å². The number of hydrogen-bond donors (Lipinski definition) is 0. The Kier molecular flexibility index (Phi) is 1.81. The van der Waals surface area contributed by atoms with Gasteiger partial charge >= 0.3 is 0 Å². The van der Waals surface area contributed by atoms with Gasteiger partial charge in [-0.25, -0.2) is 4.68 Å². The zero-order valence-corrected chi connectivity index (χ0v) is 7.60. The fourth-order valence-corrected chi connectivity index (χ4v) is 1.05. The second-order valence-corrected chi connectivity index (χ2v) is 3.00. The van der Waals surface area contributed by atoms with Gasteiger partial charge < -0.3 is 0 Å². The van der Waals surface area contributed by atoms with E-state index in [-0.39, 0.29) is 0 Å². The summed E-state index contributed by atoms with van der Waals surface area (Å²) in [6.07, 6.45) is 3.71. The molecule has 0 aliphatic heterocycles. The van der Waals surface area contributed by atoms with Crippen LogP contribution in [-0.4, -0.2) is 20.0 Å². The predicted octanol–water partition coefficient (Wildman–Crippen LogP) is 1.28. The predicted molar refractivity (Wildman–Crippen MR) is 48.6 cm³/mol. The minimum atomic E-state index is 0.749. The maximum Gasteiger partial charge on any atom is 0.175 e. The quantitative estimate of drug-likeness (QED) is 0.654. The zero-order valence-electron chi connectivity index (χ0n) is 7.60. The van der Waals surface area contributed by atoms with Crippen molar-refractivity contribution in [1.82, 2.24) is 20.0 Å². The first-order chi connectivity index (χ1) is 6.25. The van der Waals surface area contributed by atoms with Crippen LogP contribution in [0.3, 0.4) is 0 Å². The van der Waals surface area contributed by atoms with Crippen molar-refractivity contribution in [3.05, 3.63) is 35.8 Å². The lowest BCUT2D eigenvalue weighted by Gasteiger charge is -1.97. The average molecular weight is 174 g/mol. The van der Waals surface area contributed by atoms with E-state index >= 15 is 0 Å². The van der Waals surface area contributed by atoms with Crippen molar-refractivity contribution in [2.45, 2.75) is 13.8 Å². The van der Waals surface area contributed by atoms with E-state index in [0.29, 0.717) is 0 Å². The second-order valence-electron chi connectivity index (χ2n) is 3.00. The third-order valence-electron chi connectivity index (χ3n) is 1.73. The van der Waals surface area contributed by atoms with Gasteiger partial charge in [0.15, 0.2) is 5.82 Å². The van der Waals surface area contributed by atoms with Crippen LogP contribution in [-0.2, 0) is 0 Å². The van der Waals surface area contributed by atoms with E-state index in [1.807, 2.05) is 32.2 Å². The third kappa shape index (κ3) is 1.56. The molecule has 0 fully saturated rings. The fourth-order valence-electron chi connectivity index (χ4n) is 1.05. The molecule has 0 bridgehead atoms. The smallest absolute Gasteiger partial charge is 0.175 e. The molecule has 0 amide bonds. The molecule has 13 heavy (non-hydrogen) atoms. The maximum absolute atomic E-state index is 4.13. The number of hydrogen-bond acceptors (Lipinski definition) is 3. The molecule has 0 atom stereocenters. The lowest BCUT2D eigenvalue weighted by atomic mass is 10.4. The van der Waals surface area contributed by atoms with Crippen LogP contribution < -0.4 is 0 Å². The van der Waals surface area contributed by atoms with E-state index in [4.69, 9.17) is 0 Å². The fraction of sp³-hybridized carbons (Fsp3) is 0.222. The molecule has 0 saturated carbocycles. The Labute approximate surface area is 76.2 Å². The third-order valence-corrected chi connectivity index (χ3v) is 1.73. The van der Waals surface area contributed by atoms with E-state index in [1.54, 1.807) is 10.9 Å². The Morgan fingerprint density at radius 3 is 2.54 bits per heavy atom. The van der Waals surface area contributed by atoms with E-state index < -0.39 is 0 Å². The molecule has 0 spiro atoms. The van der Waals surface area contributed by atoms with Crippen molar-refractivity contribution in [3.8, 4) is 5.82 Å². The van der Waals surface area contributed by atoms with Gasteiger partial charge in [0.2, 0.25) is 0 Å².